The summed E-state index contributed by atoms with van der Waals surface area (Å²) >= 11 is 1.56. The third-order valence-electron chi connectivity index (χ3n) is 6.76. The zero-order valence-corrected chi connectivity index (χ0v) is 19.2. The highest BCUT2D eigenvalue weighted by molar-refractivity contribution is 7.13. The summed E-state index contributed by atoms with van der Waals surface area (Å²) in [5.41, 5.74) is 0. The molecule has 6 nitrogen and oxygen atoms in total. The van der Waals surface area contributed by atoms with Gasteiger partial charge in [-0.15, -0.1) is 11.3 Å². The topological polar surface area (TPSA) is 53.1 Å². The number of rotatable bonds is 7. The van der Waals surface area contributed by atoms with Crippen molar-refractivity contribution in [2.24, 2.45) is 5.92 Å². The summed E-state index contributed by atoms with van der Waals surface area (Å²) in [6, 6.07) is 4.80. The molecule has 3 heterocycles. The first-order chi connectivity index (χ1) is 14.5. The van der Waals surface area contributed by atoms with Gasteiger partial charge in [0.25, 0.3) is 5.91 Å². The number of carbonyl (C=O) groups is 2. The van der Waals surface area contributed by atoms with Gasteiger partial charge in [0.15, 0.2) is 0 Å². The van der Waals surface area contributed by atoms with Gasteiger partial charge in [0.1, 0.15) is 0 Å². The van der Waals surface area contributed by atoms with E-state index in [2.05, 4.69) is 9.80 Å². The highest BCUT2D eigenvalue weighted by Gasteiger charge is 2.38. The first-order valence-corrected chi connectivity index (χ1v) is 12.3. The number of thiophene rings is 1. The molecule has 2 aliphatic heterocycles. The van der Waals surface area contributed by atoms with Gasteiger partial charge in [0.05, 0.1) is 4.88 Å². The first kappa shape index (κ1) is 21.8. The van der Waals surface area contributed by atoms with Crippen LogP contribution in [0.5, 0.6) is 0 Å². The molecule has 4 rings (SSSR count). The summed E-state index contributed by atoms with van der Waals surface area (Å²) in [6.07, 6.45) is 6.42. The molecule has 1 aliphatic carbocycles. The molecule has 0 aromatic carbocycles. The van der Waals surface area contributed by atoms with Gasteiger partial charge < -0.3 is 14.5 Å². The van der Waals surface area contributed by atoms with Crippen molar-refractivity contribution in [3.63, 3.8) is 0 Å². The SMILES string of the molecule is Cc1ccc(C(=O)N(C)CCN(C2CCOCC2)C2CCCN(C(=O)C3CC3)C2)s1. The summed E-state index contributed by atoms with van der Waals surface area (Å²) in [5, 5.41) is 0. The summed E-state index contributed by atoms with van der Waals surface area (Å²) in [6.45, 7) is 6.96. The van der Waals surface area contributed by atoms with Gasteiger partial charge in [0, 0.05) is 69.3 Å². The molecule has 0 radical (unpaired) electrons. The van der Waals surface area contributed by atoms with Crippen molar-refractivity contribution in [2.45, 2.75) is 57.5 Å². The van der Waals surface area contributed by atoms with Crippen molar-refractivity contribution in [1.29, 1.82) is 0 Å². The van der Waals surface area contributed by atoms with Crippen LogP contribution in [-0.2, 0) is 9.53 Å². The number of hydrogen-bond acceptors (Lipinski definition) is 5. The number of likely N-dealkylation sites (N-methyl/N-ethyl adjacent to an activating group) is 1. The molecule has 1 unspecified atom stereocenters. The monoisotopic (exact) mass is 433 g/mol. The number of nitrogens with zero attached hydrogens (tertiary/aromatic N) is 3. The van der Waals surface area contributed by atoms with Crippen LogP contribution in [0.2, 0.25) is 0 Å². The van der Waals surface area contributed by atoms with Crippen LogP contribution in [-0.4, -0.2) is 85.0 Å². The van der Waals surface area contributed by atoms with Gasteiger partial charge in [-0.05, 0) is 57.6 Å². The average Bonchev–Trinajstić information content (AvgIpc) is 3.54. The number of likely N-dealkylation sites (tertiary alicyclic amines) is 1. The van der Waals surface area contributed by atoms with Crippen LogP contribution in [0.3, 0.4) is 0 Å². The van der Waals surface area contributed by atoms with Crippen LogP contribution >= 0.6 is 11.3 Å². The maximum absolute atomic E-state index is 12.8. The van der Waals surface area contributed by atoms with Crippen LogP contribution in [0.1, 0.15) is 53.1 Å². The Bertz CT molecular complexity index is 742. The van der Waals surface area contributed by atoms with Gasteiger partial charge in [-0.25, -0.2) is 0 Å². The van der Waals surface area contributed by atoms with Crippen molar-refractivity contribution < 1.29 is 14.3 Å². The van der Waals surface area contributed by atoms with E-state index in [0.29, 0.717) is 30.5 Å². The molecule has 0 spiro atoms. The minimum Gasteiger partial charge on any atom is -0.381 e. The third kappa shape index (κ3) is 5.24. The lowest BCUT2D eigenvalue weighted by atomic mass is 9.98. The first-order valence-electron chi connectivity index (χ1n) is 11.5. The second-order valence-corrected chi connectivity index (χ2v) is 10.4. The quantitative estimate of drug-likeness (QED) is 0.663. The Balaban J connectivity index is 1.40. The van der Waals surface area contributed by atoms with E-state index in [1.165, 1.54) is 4.88 Å². The molecule has 1 saturated carbocycles. The molecule has 30 heavy (non-hydrogen) atoms. The van der Waals surface area contributed by atoms with E-state index in [1.54, 1.807) is 11.3 Å². The number of amides is 2. The number of carbonyl (C=O) groups excluding carboxylic acids is 2. The maximum Gasteiger partial charge on any atom is 0.263 e. The molecule has 7 heteroatoms. The second kappa shape index (κ2) is 9.79. The Morgan fingerprint density at radius 1 is 1.10 bits per heavy atom. The van der Waals surface area contributed by atoms with E-state index < -0.39 is 0 Å². The van der Waals surface area contributed by atoms with Crippen molar-refractivity contribution in [3.05, 3.63) is 21.9 Å². The molecule has 0 bridgehead atoms. The van der Waals surface area contributed by atoms with E-state index >= 15 is 0 Å². The average molecular weight is 434 g/mol. The molecule has 3 aliphatic rings. The normalized spacial score (nSPS) is 23.0. The molecule has 1 aromatic rings. The molecule has 3 fully saturated rings. The van der Waals surface area contributed by atoms with Gasteiger partial charge in [0.2, 0.25) is 5.91 Å². The maximum atomic E-state index is 12.8. The Labute approximate surface area is 184 Å². The highest BCUT2D eigenvalue weighted by atomic mass is 32.1. The fraction of sp³-hybridized carbons (Fsp3) is 0.739. The molecule has 0 N–H and O–H groups in total. The van der Waals surface area contributed by atoms with Crippen LogP contribution in [0.15, 0.2) is 12.1 Å². The zero-order chi connectivity index (χ0) is 21.1. The standard InChI is InChI=1S/C23H35N3O3S/c1-17-5-8-21(30-17)23(28)24(2)12-13-26(19-9-14-29-15-10-19)20-4-3-11-25(16-20)22(27)18-6-7-18/h5,8,18-20H,3-4,6-7,9-16H2,1-2H3. The van der Waals surface area contributed by atoms with Crippen LogP contribution < -0.4 is 0 Å². The lowest BCUT2D eigenvalue weighted by Crippen LogP contribution is -2.55. The third-order valence-corrected chi connectivity index (χ3v) is 7.74. The number of piperidine rings is 1. The summed E-state index contributed by atoms with van der Waals surface area (Å²) in [7, 11) is 1.91. The van der Waals surface area contributed by atoms with Crippen LogP contribution in [0, 0.1) is 12.8 Å². The van der Waals surface area contributed by atoms with E-state index in [0.717, 1.165) is 76.3 Å². The van der Waals surface area contributed by atoms with Gasteiger partial charge in [-0.1, -0.05) is 0 Å². The Hall–Kier alpha value is -1.44. The number of ether oxygens (including phenoxy) is 1. The molecule has 2 amide bonds. The number of hydrogen-bond donors (Lipinski definition) is 0. The summed E-state index contributed by atoms with van der Waals surface area (Å²) in [5.74, 6) is 0.763. The van der Waals surface area contributed by atoms with Crippen LogP contribution in [0.4, 0.5) is 0 Å². The highest BCUT2D eigenvalue weighted by Crippen LogP contribution is 2.33. The van der Waals surface area contributed by atoms with Crippen LogP contribution in [0.25, 0.3) is 0 Å². The van der Waals surface area contributed by atoms with Crippen molar-refractivity contribution >= 4 is 23.2 Å². The lowest BCUT2D eigenvalue weighted by molar-refractivity contribution is -0.135. The number of aryl methyl sites for hydroxylation is 1. The predicted molar refractivity (Wildman–Crippen MR) is 119 cm³/mol. The minimum atomic E-state index is 0.106. The summed E-state index contributed by atoms with van der Waals surface area (Å²) < 4.78 is 5.61. The largest absolute Gasteiger partial charge is 0.381 e. The van der Waals surface area contributed by atoms with Crippen molar-refractivity contribution in [2.75, 3.05) is 46.4 Å². The predicted octanol–water partition coefficient (Wildman–Crippen LogP) is 3.01. The molecule has 2 saturated heterocycles. The van der Waals surface area contributed by atoms with E-state index in [-0.39, 0.29) is 5.91 Å². The van der Waals surface area contributed by atoms with Gasteiger partial charge in [-0.2, -0.15) is 0 Å². The van der Waals surface area contributed by atoms with Crippen molar-refractivity contribution in [3.8, 4) is 0 Å². The Kier molecular flexibility index (Phi) is 7.11. The van der Waals surface area contributed by atoms with E-state index in [4.69, 9.17) is 4.74 Å². The fourth-order valence-electron chi connectivity index (χ4n) is 4.80. The second-order valence-electron chi connectivity index (χ2n) is 9.07. The minimum absolute atomic E-state index is 0.106. The summed E-state index contributed by atoms with van der Waals surface area (Å²) in [4.78, 5) is 34.0. The molecule has 1 atom stereocenters. The van der Waals surface area contributed by atoms with Gasteiger partial charge in [-0.3, -0.25) is 14.5 Å². The van der Waals surface area contributed by atoms with Gasteiger partial charge >= 0.3 is 0 Å². The Morgan fingerprint density at radius 3 is 2.53 bits per heavy atom. The zero-order valence-electron chi connectivity index (χ0n) is 18.3. The Morgan fingerprint density at radius 2 is 1.87 bits per heavy atom. The van der Waals surface area contributed by atoms with E-state index in [9.17, 15) is 9.59 Å². The fourth-order valence-corrected chi connectivity index (χ4v) is 5.66. The molecule has 1 aromatic heterocycles. The molecular formula is C23H35N3O3S. The molecule has 166 valence electrons. The smallest absolute Gasteiger partial charge is 0.263 e. The van der Waals surface area contributed by atoms with E-state index in [1.807, 2.05) is 31.0 Å². The lowest BCUT2D eigenvalue weighted by Gasteiger charge is -2.44. The van der Waals surface area contributed by atoms with Crippen molar-refractivity contribution in [1.82, 2.24) is 14.7 Å². The molecular weight excluding hydrogens is 398 g/mol.